The molecule has 1 aromatic carbocycles. The minimum Gasteiger partial charge on any atom is -0.313 e. The number of rotatable bonds is 5. The van der Waals surface area contributed by atoms with Gasteiger partial charge in [0.25, 0.3) is 0 Å². The van der Waals surface area contributed by atoms with E-state index in [0.29, 0.717) is 0 Å². The zero-order chi connectivity index (χ0) is 13.0. The Kier molecular flexibility index (Phi) is 4.55. The van der Waals surface area contributed by atoms with Gasteiger partial charge in [-0.25, -0.2) is 0 Å². The van der Waals surface area contributed by atoms with Gasteiger partial charge in [0, 0.05) is 22.8 Å². The summed E-state index contributed by atoms with van der Waals surface area (Å²) in [5.41, 5.74) is 3.64. The Morgan fingerprint density at radius 3 is 2.67 bits per heavy atom. The molecule has 0 aliphatic heterocycles. The smallest absolute Gasteiger partial charge is 0.0659 e. The third-order valence-electron chi connectivity index (χ3n) is 2.87. The van der Waals surface area contributed by atoms with E-state index in [1.807, 2.05) is 4.68 Å². The van der Waals surface area contributed by atoms with Crippen molar-refractivity contribution in [2.45, 2.75) is 26.9 Å². The number of nitrogens with one attached hydrogen (secondary N) is 1. The third kappa shape index (κ3) is 3.43. The molecule has 0 bridgehead atoms. The number of hydrogen-bond donors (Lipinski definition) is 1. The van der Waals surface area contributed by atoms with Gasteiger partial charge >= 0.3 is 0 Å². The van der Waals surface area contributed by atoms with Crippen LogP contribution in [0.25, 0.3) is 0 Å². The number of aromatic nitrogens is 2. The lowest BCUT2D eigenvalue weighted by Gasteiger charge is -2.02. The maximum Gasteiger partial charge on any atom is 0.0659 e. The van der Waals surface area contributed by atoms with Gasteiger partial charge in [-0.15, -0.1) is 0 Å². The van der Waals surface area contributed by atoms with Crippen LogP contribution < -0.4 is 5.32 Å². The second kappa shape index (κ2) is 6.16. The number of benzene rings is 1. The minimum absolute atomic E-state index is 0.820. The van der Waals surface area contributed by atoms with Gasteiger partial charge < -0.3 is 5.32 Å². The van der Waals surface area contributed by atoms with Crippen LogP contribution in [-0.2, 0) is 13.1 Å². The minimum atomic E-state index is 0.820. The Hall–Kier alpha value is -1.13. The third-order valence-corrected chi connectivity index (χ3v) is 3.40. The first kappa shape index (κ1) is 13.3. The van der Waals surface area contributed by atoms with Crippen LogP contribution >= 0.6 is 15.9 Å². The lowest BCUT2D eigenvalue weighted by atomic mass is 10.2. The predicted octanol–water partition coefficient (Wildman–Crippen LogP) is 3.11. The van der Waals surface area contributed by atoms with Gasteiger partial charge in [-0.05, 0) is 31.2 Å². The molecule has 3 nitrogen and oxygen atoms in total. The lowest BCUT2D eigenvalue weighted by molar-refractivity contribution is 0.678. The highest BCUT2D eigenvalue weighted by Gasteiger charge is 2.04. The molecule has 0 radical (unpaired) electrons. The quantitative estimate of drug-likeness (QED) is 0.920. The maximum absolute atomic E-state index is 4.55. The molecule has 0 aliphatic rings. The van der Waals surface area contributed by atoms with E-state index in [-0.39, 0.29) is 0 Å². The van der Waals surface area contributed by atoms with Crippen molar-refractivity contribution in [3.8, 4) is 0 Å². The lowest BCUT2D eigenvalue weighted by Crippen LogP contribution is -2.11. The first-order valence-corrected chi connectivity index (χ1v) is 6.96. The SMILES string of the molecule is CCNCc1cn(Cc2ccc(Br)cc2)nc1C. The molecule has 0 unspecified atom stereocenters. The maximum atomic E-state index is 4.55. The molecule has 0 saturated heterocycles. The highest BCUT2D eigenvalue weighted by atomic mass is 79.9. The van der Waals surface area contributed by atoms with Crippen LogP contribution in [0.4, 0.5) is 0 Å². The number of halogens is 1. The van der Waals surface area contributed by atoms with Crippen LogP contribution in [0.3, 0.4) is 0 Å². The molecule has 0 fully saturated rings. The summed E-state index contributed by atoms with van der Waals surface area (Å²) in [7, 11) is 0. The Morgan fingerprint density at radius 2 is 2.00 bits per heavy atom. The van der Waals surface area contributed by atoms with Gasteiger partial charge in [-0.2, -0.15) is 5.10 Å². The molecule has 0 atom stereocenters. The molecule has 1 heterocycles. The van der Waals surface area contributed by atoms with E-state index in [0.717, 1.165) is 29.8 Å². The first-order chi connectivity index (χ1) is 8.69. The summed E-state index contributed by atoms with van der Waals surface area (Å²) in [6, 6.07) is 8.35. The van der Waals surface area contributed by atoms with Crippen molar-refractivity contribution in [2.24, 2.45) is 0 Å². The van der Waals surface area contributed by atoms with E-state index in [2.05, 4.69) is 70.7 Å². The van der Waals surface area contributed by atoms with Crippen molar-refractivity contribution >= 4 is 15.9 Å². The molecule has 2 aromatic rings. The van der Waals surface area contributed by atoms with E-state index in [1.54, 1.807) is 0 Å². The van der Waals surface area contributed by atoms with Gasteiger partial charge in [-0.1, -0.05) is 35.0 Å². The molecule has 1 aromatic heterocycles. The summed E-state index contributed by atoms with van der Waals surface area (Å²) in [4.78, 5) is 0. The van der Waals surface area contributed by atoms with Gasteiger partial charge in [-0.3, -0.25) is 4.68 Å². The van der Waals surface area contributed by atoms with Crippen molar-refractivity contribution in [3.05, 3.63) is 51.8 Å². The monoisotopic (exact) mass is 307 g/mol. The van der Waals surface area contributed by atoms with Gasteiger partial charge in [0.1, 0.15) is 0 Å². The normalized spacial score (nSPS) is 10.8. The van der Waals surface area contributed by atoms with Gasteiger partial charge in [0.2, 0.25) is 0 Å². The molecular formula is C14H18BrN3. The fourth-order valence-corrected chi connectivity index (χ4v) is 2.11. The van der Waals surface area contributed by atoms with Crippen LogP contribution in [-0.4, -0.2) is 16.3 Å². The highest BCUT2D eigenvalue weighted by molar-refractivity contribution is 9.10. The summed E-state index contributed by atoms with van der Waals surface area (Å²) < 4.78 is 3.11. The summed E-state index contributed by atoms with van der Waals surface area (Å²) in [6.07, 6.45) is 2.13. The summed E-state index contributed by atoms with van der Waals surface area (Å²) in [6.45, 7) is 6.87. The summed E-state index contributed by atoms with van der Waals surface area (Å²) in [5, 5.41) is 7.88. The Bertz CT molecular complexity index is 502. The zero-order valence-corrected chi connectivity index (χ0v) is 12.4. The molecule has 1 N–H and O–H groups in total. The summed E-state index contributed by atoms with van der Waals surface area (Å²) >= 11 is 3.44. The van der Waals surface area contributed by atoms with Crippen LogP contribution in [0.15, 0.2) is 34.9 Å². The largest absolute Gasteiger partial charge is 0.313 e. The van der Waals surface area contributed by atoms with Crippen molar-refractivity contribution < 1.29 is 0 Å². The Balaban J connectivity index is 2.07. The van der Waals surface area contributed by atoms with E-state index in [4.69, 9.17) is 0 Å². The fraction of sp³-hybridized carbons (Fsp3) is 0.357. The van der Waals surface area contributed by atoms with Crippen LogP contribution in [0.5, 0.6) is 0 Å². The van der Waals surface area contributed by atoms with E-state index in [1.165, 1.54) is 11.1 Å². The summed E-state index contributed by atoms with van der Waals surface area (Å²) in [5.74, 6) is 0. The van der Waals surface area contributed by atoms with Crippen LogP contribution in [0.2, 0.25) is 0 Å². The van der Waals surface area contributed by atoms with E-state index < -0.39 is 0 Å². The number of aryl methyl sites for hydroxylation is 1. The molecule has 0 aliphatic carbocycles. The molecule has 0 saturated carbocycles. The van der Waals surface area contributed by atoms with Crippen LogP contribution in [0, 0.1) is 6.92 Å². The molecule has 4 heteroatoms. The van der Waals surface area contributed by atoms with E-state index in [9.17, 15) is 0 Å². The van der Waals surface area contributed by atoms with Crippen molar-refractivity contribution in [1.82, 2.24) is 15.1 Å². The molecule has 96 valence electrons. The molecule has 0 spiro atoms. The Labute approximate surface area is 116 Å². The topological polar surface area (TPSA) is 29.9 Å². The van der Waals surface area contributed by atoms with Crippen molar-refractivity contribution in [2.75, 3.05) is 6.54 Å². The average Bonchev–Trinajstić information content (AvgIpc) is 2.70. The zero-order valence-electron chi connectivity index (χ0n) is 10.8. The average molecular weight is 308 g/mol. The van der Waals surface area contributed by atoms with Crippen LogP contribution in [0.1, 0.15) is 23.7 Å². The fourth-order valence-electron chi connectivity index (χ4n) is 1.85. The van der Waals surface area contributed by atoms with Gasteiger partial charge in [0.15, 0.2) is 0 Å². The van der Waals surface area contributed by atoms with Crippen molar-refractivity contribution in [3.63, 3.8) is 0 Å². The number of nitrogens with zero attached hydrogens (tertiary/aromatic N) is 2. The second-order valence-electron chi connectivity index (χ2n) is 4.34. The van der Waals surface area contributed by atoms with E-state index >= 15 is 0 Å². The second-order valence-corrected chi connectivity index (χ2v) is 5.26. The first-order valence-electron chi connectivity index (χ1n) is 6.17. The molecule has 0 amide bonds. The Morgan fingerprint density at radius 1 is 1.28 bits per heavy atom. The predicted molar refractivity (Wildman–Crippen MR) is 77.6 cm³/mol. The van der Waals surface area contributed by atoms with Gasteiger partial charge in [0.05, 0.1) is 12.2 Å². The molecule has 2 rings (SSSR count). The molecule has 18 heavy (non-hydrogen) atoms. The highest BCUT2D eigenvalue weighted by Crippen LogP contribution is 2.12. The standard InChI is InChI=1S/C14H18BrN3/c1-3-16-8-13-10-18(17-11(13)2)9-12-4-6-14(15)7-5-12/h4-7,10,16H,3,8-9H2,1-2H3. The number of hydrogen-bond acceptors (Lipinski definition) is 2. The molecular weight excluding hydrogens is 290 g/mol. The van der Waals surface area contributed by atoms with Crippen molar-refractivity contribution in [1.29, 1.82) is 0 Å².